The predicted octanol–water partition coefficient (Wildman–Crippen LogP) is 2.87. The number of rotatable bonds is 4. The fourth-order valence-corrected chi connectivity index (χ4v) is 2.59. The predicted molar refractivity (Wildman–Crippen MR) is 74.3 cm³/mol. The third-order valence-electron chi connectivity index (χ3n) is 2.72. The van der Waals surface area contributed by atoms with Crippen molar-refractivity contribution in [1.29, 1.82) is 0 Å². The van der Waals surface area contributed by atoms with E-state index < -0.39 is 0 Å². The van der Waals surface area contributed by atoms with Crippen LogP contribution in [0.5, 0.6) is 0 Å². The second-order valence-electron chi connectivity index (χ2n) is 4.11. The summed E-state index contributed by atoms with van der Waals surface area (Å²) in [7, 11) is 0. The Morgan fingerprint density at radius 1 is 1.16 bits per heavy atom. The van der Waals surface area contributed by atoms with Gasteiger partial charge in [-0.05, 0) is 17.7 Å². The largest absolute Gasteiger partial charge is 0.297 e. The number of aromatic nitrogens is 3. The number of hydrogen-bond acceptors (Lipinski definition) is 4. The van der Waals surface area contributed by atoms with E-state index in [0.717, 1.165) is 16.9 Å². The van der Waals surface area contributed by atoms with Gasteiger partial charge in [0.05, 0.1) is 22.5 Å². The van der Waals surface area contributed by atoms with Crippen LogP contribution in [0.3, 0.4) is 0 Å². The molecule has 1 aromatic carbocycles. The molecule has 5 heteroatoms. The van der Waals surface area contributed by atoms with E-state index in [9.17, 15) is 4.79 Å². The van der Waals surface area contributed by atoms with Gasteiger partial charge in [0, 0.05) is 0 Å². The molecule has 3 aromatic rings. The average Bonchev–Trinajstić information content (AvgIpc) is 3.08. The van der Waals surface area contributed by atoms with Gasteiger partial charge in [0.2, 0.25) is 0 Å². The second kappa shape index (κ2) is 5.16. The lowest BCUT2D eigenvalue weighted by molar-refractivity contribution is 0.112. The molecule has 0 fully saturated rings. The van der Waals surface area contributed by atoms with E-state index in [4.69, 9.17) is 0 Å². The van der Waals surface area contributed by atoms with E-state index in [1.54, 1.807) is 10.7 Å². The SMILES string of the molecule is O=Cc1ccc(-c2cn(Cc3ccccc3)nn2)s1. The van der Waals surface area contributed by atoms with Gasteiger partial charge in [-0.15, -0.1) is 16.4 Å². The Morgan fingerprint density at radius 2 is 2.00 bits per heavy atom. The van der Waals surface area contributed by atoms with Crippen molar-refractivity contribution in [3.8, 4) is 10.6 Å². The molecule has 3 rings (SSSR count). The topological polar surface area (TPSA) is 47.8 Å². The number of carbonyl (C=O) groups is 1. The fourth-order valence-electron chi connectivity index (χ4n) is 1.81. The highest BCUT2D eigenvalue weighted by atomic mass is 32.1. The van der Waals surface area contributed by atoms with Crippen LogP contribution in [0, 0.1) is 0 Å². The zero-order chi connectivity index (χ0) is 13.1. The summed E-state index contributed by atoms with van der Waals surface area (Å²) in [6.07, 6.45) is 2.75. The molecule has 0 N–H and O–H groups in total. The van der Waals surface area contributed by atoms with Crippen molar-refractivity contribution in [3.63, 3.8) is 0 Å². The smallest absolute Gasteiger partial charge is 0.160 e. The Morgan fingerprint density at radius 3 is 2.74 bits per heavy atom. The standard InChI is InChI=1S/C14H11N3OS/c18-10-12-6-7-14(19-12)13-9-17(16-15-13)8-11-4-2-1-3-5-11/h1-7,9-10H,8H2. The van der Waals surface area contributed by atoms with Crippen LogP contribution in [-0.2, 0) is 6.54 Å². The van der Waals surface area contributed by atoms with Gasteiger partial charge < -0.3 is 0 Å². The number of carbonyl (C=O) groups excluding carboxylic acids is 1. The summed E-state index contributed by atoms with van der Waals surface area (Å²) < 4.78 is 1.80. The van der Waals surface area contributed by atoms with Crippen molar-refractivity contribution < 1.29 is 4.79 Å². The first-order chi connectivity index (χ1) is 9.35. The molecule has 0 saturated heterocycles. The third kappa shape index (κ3) is 2.61. The summed E-state index contributed by atoms with van der Waals surface area (Å²) in [6, 6.07) is 13.8. The summed E-state index contributed by atoms with van der Waals surface area (Å²) >= 11 is 1.42. The summed E-state index contributed by atoms with van der Waals surface area (Å²) in [5.41, 5.74) is 1.98. The van der Waals surface area contributed by atoms with Gasteiger partial charge >= 0.3 is 0 Å². The highest BCUT2D eigenvalue weighted by Gasteiger charge is 2.07. The first-order valence-electron chi connectivity index (χ1n) is 5.84. The molecule has 4 nitrogen and oxygen atoms in total. The zero-order valence-corrected chi connectivity index (χ0v) is 10.9. The Hall–Kier alpha value is -2.27. The molecule has 0 unspecified atom stereocenters. The van der Waals surface area contributed by atoms with Crippen LogP contribution in [0.4, 0.5) is 0 Å². The molecule has 0 atom stereocenters. The average molecular weight is 269 g/mol. The molecule has 0 aliphatic rings. The first-order valence-corrected chi connectivity index (χ1v) is 6.66. The summed E-state index contributed by atoms with van der Waals surface area (Å²) in [5.74, 6) is 0. The van der Waals surface area contributed by atoms with Crippen molar-refractivity contribution in [2.75, 3.05) is 0 Å². The summed E-state index contributed by atoms with van der Waals surface area (Å²) in [5, 5.41) is 8.25. The molecule has 0 radical (unpaired) electrons. The Bertz CT molecular complexity index is 688. The van der Waals surface area contributed by atoms with Crippen LogP contribution in [0.15, 0.2) is 48.7 Å². The van der Waals surface area contributed by atoms with Gasteiger partial charge in [0.1, 0.15) is 5.69 Å². The van der Waals surface area contributed by atoms with Crippen LogP contribution in [0.2, 0.25) is 0 Å². The van der Waals surface area contributed by atoms with E-state index in [1.807, 2.05) is 30.5 Å². The third-order valence-corrected chi connectivity index (χ3v) is 3.75. The maximum Gasteiger partial charge on any atom is 0.160 e. The van der Waals surface area contributed by atoms with Crippen LogP contribution < -0.4 is 0 Å². The van der Waals surface area contributed by atoms with Gasteiger partial charge in [0.15, 0.2) is 6.29 Å². The molecule has 0 aliphatic carbocycles. The number of benzene rings is 1. The van der Waals surface area contributed by atoms with Crippen LogP contribution in [0.25, 0.3) is 10.6 Å². The zero-order valence-electron chi connectivity index (χ0n) is 10.1. The van der Waals surface area contributed by atoms with E-state index in [-0.39, 0.29) is 0 Å². The van der Waals surface area contributed by atoms with E-state index in [1.165, 1.54) is 16.9 Å². The highest BCUT2D eigenvalue weighted by Crippen LogP contribution is 2.25. The maximum absolute atomic E-state index is 10.7. The number of thiophene rings is 1. The van der Waals surface area contributed by atoms with Crippen LogP contribution in [0.1, 0.15) is 15.2 Å². The van der Waals surface area contributed by atoms with Crippen LogP contribution in [-0.4, -0.2) is 21.3 Å². The summed E-state index contributed by atoms with van der Waals surface area (Å²) in [4.78, 5) is 12.3. The molecule has 0 aliphatic heterocycles. The minimum Gasteiger partial charge on any atom is -0.297 e. The van der Waals surface area contributed by atoms with Crippen molar-refractivity contribution in [2.45, 2.75) is 6.54 Å². The lowest BCUT2D eigenvalue weighted by Crippen LogP contribution is -1.99. The molecule has 0 saturated carbocycles. The normalized spacial score (nSPS) is 10.5. The monoisotopic (exact) mass is 269 g/mol. The highest BCUT2D eigenvalue weighted by molar-refractivity contribution is 7.17. The molecule has 2 heterocycles. The molecular weight excluding hydrogens is 258 g/mol. The van der Waals surface area contributed by atoms with E-state index in [2.05, 4.69) is 22.4 Å². The molecule has 0 bridgehead atoms. The van der Waals surface area contributed by atoms with E-state index >= 15 is 0 Å². The summed E-state index contributed by atoms with van der Waals surface area (Å²) in [6.45, 7) is 0.694. The van der Waals surface area contributed by atoms with Crippen molar-refractivity contribution in [1.82, 2.24) is 15.0 Å². The maximum atomic E-state index is 10.7. The quantitative estimate of drug-likeness (QED) is 0.684. The fraction of sp³-hybridized carbons (Fsp3) is 0.0714. The van der Waals surface area contributed by atoms with E-state index in [0.29, 0.717) is 11.4 Å². The molecule has 94 valence electrons. The van der Waals surface area contributed by atoms with Crippen molar-refractivity contribution in [3.05, 3.63) is 59.1 Å². The lowest BCUT2D eigenvalue weighted by Gasteiger charge is -1.99. The molecule has 0 spiro atoms. The van der Waals surface area contributed by atoms with Gasteiger partial charge in [-0.1, -0.05) is 35.5 Å². The molecule has 2 aromatic heterocycles. The van der Waals surface area contributed by atoms with Crippen LogP contribution >= 0.6 is 11.3 Å². The molecule has 19 heavy (non-hydrogen) atoms. The van der Waals surface area contributed by atoms with Crippen molar-refractivity contribution in [2.24, 2.45) is 0 Å². The van der Waals surface area contributed by atoms with Gasteiger partial charge in [-0.3, -0.25) is 4.79 Å². The minimum atomic E-state index is 0.694. The molecular formula is C14H11N3OS. The minimum absolute atomic E-state index is 0.694. The Labute approximate surface area is 114 Å². The first kappa shape index (κ1) is 11.8. The van der Waals surface area contributed by atoms with Crippen molar-refractivity contribution >= 4 is 17.6 Å². The Kier molecular flexibility index (Phi) is 3.20. The van der Waals surface area contributed by atoms with Gasteiger partial charge in [0.25, 0.3) is 0 Å². The second-order valence-corrected chi connectivity index (χ2v) is 5.22. The number of nitrogens with zero attached hydrogens (tertiary/aromatic N) is 3. The Balaban J connectivity index is 1.81. The number of aldehydes is 1. The van der Waals surface area contributed by atoms with Gasteiger partial charge in [-0.2, -0.15) is 0 Å². The lowest BCUT2D eigenvalue weighted by atomic mass is 10.2. The molecule has 0 amide bonds. The number of hydrogen-bond donors (Lipinski definition) is 0. The van der Waals surface area contributed by atoms with Gasteiger partial charge in [-0.25, -0.2) is 4.68 Å².